The number of nitrogens with one attached hydrogen (secondary N) is 1. The van der Waals surface area contributed by atoms with Gasteiger partial charge in [0.1, 0.15) is 6.21 Å². The Morgan fingerprint density at radius 2 is 2.78 bits per heavy atom. The summed E-state index contributed by atoms with van der Waals surface area (Å²) in [5.74, 6) is -0.552. The predicted molar refractivity (Wildman–Crippen MR) is 34.6 cm³/mol. The Kier molecular flexibility index (Phi) is 2.83. The van der Waals surface area contributed by atoms with E-state index in [-0.39, 0.29) is 6.10 Å². The molecule has 3 heteroatoms. The monoisotopic (exact) mass is 131 g/mol. The molecule has 0 saturated carbocycles. The van der Waals surface area contributed by atoms with Crippen molar-refractivity contribution in [1.29, 1.82) is 5.40 Å². The van der Waals surface area contributed by atoms with E-state index >= 15 is 0 Å². The van der Waals surface area contributed by atoms with E-state index in [4.69, 9.17) is 6.15 Å². The number of rotatable bonds is 3. The lowest BCUT2D eigenvalue weighted by molar-refractivity contribution is -0.139. The van der Waals surface area contributed by atoms with Crippen molar-refractivity contribution in [2.45, 2.75) is 26.4 Å². The number of hydrogen-bond donors (Lipinski definition) is 1. The first-order valence-electron chi connectivity index (χ1n) is 3.33. The van der Waals surface area contributed by atoms with E-state index in [0.717, 1.165) is 12.6 Å². The Morgan fingerprint density at radius 3 is 3.22 bits per heavy atom. The van der Waals surface area contributed by atoms with Gasteiger partial charge < -0.3 is 10.1 Å². The molecule has 0 rings (SSSR count). The van der Waals surface area contributed by atoms with Gasteiger partial charge in [0.25, 0.3) is 0 Å². The number of ether oxygens (including phenoxy) is 1. The molecule has 1 N–H and O–H groups in total. The molecule has 0 bridgehead atoms. The van der Waals surface area contributed by atoms with Crippen LogP contribution in [0.1, 0.15) is 20.3 Å². The highest BCUT2D eigenvalue weighted by Gasteiger charge is 2.01. The highest BCUT2D eigenvalue weighted by atomic mass is 16.5. The van der Waals surface area contributed by atoms with E-state index in [1.165, 1.54) is 0 Å². The summed E-state index contributed by atoms with van der Waals surface area (Å²) < 4.78 is 11.0. The smallest absolute Gasteiger partial charge is 0.348 e. The molecule has 1 unspecified atom stereocenters. The largest absolute Gasteiger partial charge is 0.458 e. The fourth-order valence-corrected chi connectivity index (χ4v) is 0.312. The number of carbonyl (C=O) groups is 1. The molecule has 0 radical (unpaired) electrons. The van der Waals surface area contributed by atoms with Crippen LogP contribution in [0, 0.1) is 5.40 Å². The molecule has 0 aliphatic rings. The summed E-state index contributed by atoms with van der Waals surface area (Å²) in [6.45, 7) is 3.70. The van der Waals surface area contributed by atoms with Crippen LogP contribution < -0.4 is 0 Å². The van der Waals surface area contributed by atoms with Crippen LogP contribution >= 0.6 is 0 Å². The van der Waals surface area contributed by atoms with E-state index in [9.17, 15) is 4.79 Å². The average molecular weight is 131 g/mol. The zero-order valence-corrected chi connectivity index (χ0v) is 5.63. The van der Waals surface area contributed by atoms with Gasteiger partial charge in [-0.1, -0.05) is 6.92 Å². The highest BCUT2D eigenvalue weighted by Crippen LogP contribution is 1.94. The summed E-state index contributed by atoms with van der Waals surface area (Å²) in [7, 11) is 0. The average Bonchev–Trinajstić information content (AvgIpc) is 1.88. The van der Waals surface area contributed by atoms with Crippen molar-refractivity contribution in [3.63, 3.8) is 0 Å². The third kappa shape index (κ3) is 3.70. The molecule has 0 fully saturated rings. The molecule has 0 amide bonds. The van der Waals surface area contributed by atoms with E-state index in [1.807, 2.05) is 6.92 Å². The van der Waals surface area contributed by atoms with E-state index in [1.54, 1.807) is 6.92 Å². The van der Waals surface area contributed by atoms with Crippen LogP contribution in [0.3, 0.4) is 0 Å². The van der Waals surface area contributed by atoms with Crippen molar-refractivity contribution >= 4 is 12.2 Å². The Labute approximate surface area is 56.0 Å². The Hall–Kier alpha value is -0.860. The standard InChI is InChI=1S/C6H11NO2/c1-3-5(2)9-6(8)4-7/h4-5,7H,3H2,1-2H3/b7-4+/i/hT. The highest BCUT2D eigenvalue weighted by molar-refractivity contribution is 6.21. The second-order valence-electron chi connectivity index (χ2n) is 1.78. The molecule has 0 aromatic heterocycles. The van der Waals surface area contributed by atoms with Gasteiger partial charge in [-0.3, -0.25) is 0 Å². The molecule has 9 heavy (non-hydrogen) atoms. The lowest BCUT2D eigenvalue weighted by atomic mass is 10.3. The van der Waals surface area contributed by atoms with E-state index < -0.39 is 5.97 Å². The van der Waals surface area contributed by atoms with Crippen LogP contribution in [0.5, 0.6) is 0 Å². The summed E-state index contributed by atoms with van der Waals surface area (Å²) in [6.07, 6.45) is 1.52. The van der Waals surface area contributed by atoms with Gasteiger partial charge in [0.2, 0.25) is 0 Å². The molecule has 0 heterocycles. The first-order chi connectivity index (χ1) is 4.70. The van der Waals surface area contributed by atoms with Gasteiger partial charge in [-0.05, 0) is 13.3 Å². The molecule has 1 atom stereocenters. The maximum absolute atomic E-state index is 10.5. The number of esters is 1. The second kappa shape index (κ2) is 4.06. The SMILES string of the molecule is [3H]/N=C/C(=O)OC(C)CC. The first-order valence-corrected chi connectivity index (χ1v) is 2.88. The second-order valence-corrected chi connectivity index (χ2v) is 1.78. The fourth-order valence-electron chi connectivity index (χ4n) is 0.312. The molecule has 3 nitrogen and oxygen atoms in total. The maximum atomic E-state index is 10.5. The molecule has 52 valence electrons. The zero-order chi connectivity index (χ0) is 7.98. The normalized spacial score (nSPS) is 15.1. The van der Waals surface area contributed by atoms with Gasteiger partial charge >= 0.3 is 5.97 Å². The molecular weight excluding hydrogens is 118 g/mol. The van der Waals surface area contributed by atoms with Crippen molar-refractivity contribution in [3.8, 4) is 0 Å². The molecular formula is C6H11NO2. The van der Waals surface area contributed by atoms with Crippen molar-refractivity contribution < 1.29 is 10.9 Å². The van der Waals surface area contributed by atoms with Gasteiger partial charge in [-0.25, -0.2) is 4.79 Å². The minimum Gasteiger partial charge on any atom is -0.458 e. The number of carbonyl (C=O) groups excluding carboxylic acids is 1. The number of hydrogen-bond acceptors (Lipinski definition) is 3. The van der Waals surface area contributed by atoms with E-state index in [2.05, 4.69) is 5.40 Å². The summed E-state index contributed by atoms with van der Waals surface area (Å²) in [5, 5.41) is 2.77. The van der Waals surface area contributed by atoms with Crippen molar-refractivity contribution in [3.05, 3.63) is 0 Å². The van der Waals surface area contributed by atoms with Crippen molar-refractivity contribution in [2.75, 3.05) is 0 Å². The maximum Gasteiger partial charge on any atom is 0.348 e. The third-order valence-corrected chi connectivity index (χ3v) is 0.998. The minimum atomic E-state index is -0.552. The van der Waals surface area contributed by atoms with Crippen LogP contribution in [-0.2, 0) is 9.53 Å². The predicted octanol–water partition coefficient (Wildman–Crippen LogP) is 0.978. The first kappa shape index (κ1) is 6.26. The fraction of sp³-hybridized carbons (Fsp3) is 0.667. The Bertz CT molecular complexity index is 136. The van der Waals surface area contributed by atoms with Crippen LogP contribution in [-0.4, -0.2) is 18.3 Å². The topological polar surface area (TPSA) is 50.2 Å². The van der Waals surface area contributed by atoms with Gasteiger partial charge in [0.15, 0.2) is 1.41 Å². The molecule has 0 aromatic rings. The molecule has 0 spiro atoms. The lowest BCUT2D eigenvalue weighted by Gasteiger charge is -2.06. The Balaban J connectivity index is 3.57. The van der Waals surface area contributed by atoms with Crippen molar-refractivity contribution in [1.82, 2.24) is 0 Å². The molecule has 0 aliphatic carbocycles. The van der Waals surface area contributed by atoms with Crippen LogP contribution in [0.25, 0.3) is 0 Å². The summed E-state index contributed by atoms with van der Waals surface area (Å²) in [5.41, 5.74) is 0. The zero-order valence-electron chi connectivity index (χ0n) is 6.63. The van der Waals surface area contributed by atoms with Crippen LogP contribution in [0.4, 0.5) is 0 Å². The van der Waals surface area contributed by atoms with Gasteiger partial charge in [-0.15, -0.1) is 0 Å². The summed E-state index contributed by atoms with van der Waals surface area (Å²) >= 11 is 0. The lowest BCUT2D eigenvalue weighted by Crippen LogP contribution is -2.13. The minimum absolute atomic E-state index is 0.0921. The third-order valence-electron chi connectivity index (χ3n) is 0.998. The molecule has 0 saturated heterocycles. The quantitative estimate of drug-likeness (QED) is 0.458. The summed E-state index contributed by atoms with van der Waals surface area (Å²) in [4.78, 5) is 10.5. The molecule has 0 aliphatic heterocycles. The van der Waals surface area contributed by atoms with Crippen LogP contribution in [0.15, 0.2) is 0 Å². The van der Waals surface area contributed by atoms with E-state index in [0.29, 0.717) is 0 Å². The van der Waals surface area contributed by atoms with Gasteiger partial charge in [0, 0.05) is 0 Å². The molecule has 0 aromatic carbocycles. The van der Waals surface area contributed by atoms with Crippen LogP contribution in [0.2, 0.25) is 1.41 Å². The van der Waals surface area contributed by atoms with Gasteiger partial charge in [0.05, 0.1) is 6.10 Å². The summed E-state index contributed by atoms with van der Waals surface area (Å²) in [6, 6.07) is 0. The van der Waals surface area contributed by atoms with Gasteiger partial charge in [-0.2, -0.15) is 0 Å². The van der Waals surface area contributed by atoms with Crippen molar-refractivity contribution in [2.24, 2.45) is 0 Å². The Morgan fingerprint density at radius 1 is 2.11 bits per heavy atom.